The van der Waals surface area contributed by atoms with Crippen LogP contribution < -0.4 is 0 Å². The summed E-state index contributed by atoms with van der Waals surface area (Å²) >= 11 is 0. The number of ether oxygens (including phenoxy) is 4. The highest BCUT2D eigenvalue weighted by Gasteiger charge is 2.61. The number of nitrogens with zero attached hydrogens (tertiary/aromatic N) is 1. The Bertz CT molecular complexity index is 1010. The summed E-state index contributed by atoms with van der Waals surface area (Å²) in [5, 5.41) is 0. The van der Waals surface area contributed by atoms with Crippen molar-refractivity contribution < 1.29 is 33.3 Å². The molecule has 0 amide bonds. The van der Waals surface area contributed by atoms with Crippen molar-refractivity contribution in [2.24, 2.45) is 10.4 Å². The minimum Gasteiger partial charge on any atom is -0.465 e. The van der Waals surface area contributed by atoms with E-state index < -0.39 is 29.2 Å². The molecule has 8 nitrogen and oxygen atoms in total. The zero-order valence-electron chi connectivity index (χ0n) is 18.8. The van der Waals surface area contributed by atoms with Crippen LogP contribution in [-0.4, -0.2) is 43.6 Å². The first-order valence-corrected chi connectivity index (χ1v) is 9.89. The summed E-state index contributed by atoms with van der Waals surface area (Å²) in [6.45, 7) is 9.98. The average molecular weight is 429 g/mol. The topological polar surface area (TPSA) is 100 Å². The molecule has 166 valence electrons. The van der Waals surface area contributed by atoms with E-state index in [4.69, 9.17) is 18.9 Å². The van der Waals surface area contributed by atoms with Gasteiger partial charge in [0, 0.05) is 0 Å². The minimum absolute atomic E-state index is 0.0728. The Morgan fingerprint density at radius 1 is 1.00 bits per heavy atom. The Balaban J connectivity index is 2.29. The second kappa shape index (κ2) is 7.51. The molecule has 1 spiro atoms. The van der Waals surface area contributed by atoms with Gasteiger partial charge in [0.05, 0.1) is 30.9 Å². The summed E-state index contributed by atoms with van der Waals surface area (Å²) in [4.78, 5) is 42.9. The molecule has 0 saturated carbocycles. The first-order valence-electron chi connectivity index (χ1n) is 9.89. The van der Waals surface area contributed by atoms with Crippen LogP contribution >= 0.6 is 0 Å². The highest BCUT2D eigenvalue weighted by molar-refractivity contribution is 6.24. The third-order valence-corrected chi connectivity index (χ3v) is 4.92. The standard InChI is InChI=1S/C23H27NO7/c1-21(2,3)12-22(4,5)24-17-15(19(26)28-6)16(20(27)29-7)23(30-17)14-11-9-8-10-13(14)18(25)31-23/h8-11H,12H2,1-7H3. The molecule has 0 bridgehead atoms. The van der Waals surface area contributed by atoms with Crippen LogP contribution in [0.5, 0.6) is 0 Å². The van der Waals surface area contributed by atoms with E-state index in [-0.39, 0.29) is 28.0 Å². The van der Waals surface area contributed by atoms with Crippen LogP contribution in [-0.2, 0) is 34.3 Å². The molecule has 0 radical (unpaired) electrons. The van der Waals surface area contributed by atoms with Crippen LogP contribution in [0.4, 0.5) is 0 Å². The van der Waals surface area contributed by atoms with Crippen molar-refractivity contribution in [3.63, 3.8) is 0 Å². The highest BCUT2D eigenvalue weighted by Crippen LogP contribution is 2.49. The van der Waals surface area contributed by atoms with Crippen molar-refractivity contribution in [3.05, 3.63) is 46.5 Å². The van der Waals surface area contributed by atoms with E-state index in [2.05, 4.69) is 25.8 Å². The Labute approximate surface area is 181 Å². The molecule has 1 unspecified atom stereocenters. The maximum Gasteiger partial charge on any atom is 0.344 e. The Morgan fingerprint density at radius 2 is 1.61 bits per heavy atom. The van der Waals surface area contributed by atoms with Gasteiger partial charge in [-0.15, -0.1) is 0 Å². The molecule has 31 heavy (non-hydrogen) atoms. The first-order chi connectivity index (χ1) is 14.3. The van der Waals surface area contributed by atoms with Crippen LogP contribution in [0.25, 0.3) is 0 Å². The summed E-state index contributed by atoms with van der Waals surface area (Å²) in [7, 11) is 2.35. The summed E-state index contributed by atoms with van der Waals surface area (Å²) < 4.78 is 21.5. The van der Waals surface area contributed by atoms with Crippen molar-refractivity contribution in [1.29, 1.82) is 0 Å². The number of hydrogen-bond donors (Lipinski definition) is 0. The third kappa shape index (κ3) is 3.94. The fourth-order valence-corrected chi connectivity index (χ4v) is 4.28. The van der Waals surface area contributed by atoms with E-state index in [1.54, 1.807) is 24.3 Å². The normalized spacial score (nSPS) is 21.8. The molecule has 2 aliphatic heterocycles. The van der Waals surface area contributed by atoms with Gasteiger partial charge in [-0.25, -0.2) is 19.4 Å². The van der Waals surface area contributed by atoms with Crippen molar-refractivity contribution in [3.8, 4) is 0 Å². The summed E-state index contributed by atoms with van der Waals surface area (Å²) in [5.74, 6) is -4.52. The number of hydrogen-bond acceptors (Lipinski definition) is 8. The van der Waals surface area contributed by atoms with Crippen molar-refractivity contribution >= 4 is 23.8 Å². The summed E-state index contributed by atoms with van der Waals surface area (Å²) in [6, 6.07) is 6.50. The number of methoxy groups -OCH3 is 2. The molecule has 0 fully saturated rings. The summed E-state index contributed by atoms with van der Waals surface area (Å²) in [6.07, 6.45) is 0.651. The van der Waals surface area contributed by atoms with E-state index in [0.717, 1.165) is 0 Å². The molecule has 0 saturated heterocycles. The zero-order chi connectivity index (χ0) is 23.2. The molecule has 2 heterocycles. The number of carbonyl (C=O) groups excluding carboxylic acids is 3. The Morgan fingerprint density at radius 3 is 2.19 bits per heavy atom. The van der Waals surface area contributed by atoms with Crippen LogP contribution in [0.2, 0.25) is 0 Å². The lowest BCUT2D eigenvalue weighted by molar-refractivity contribution is -0.150. The number of carbonyl (C=O) groups is 3. The molecule has 1 atom stereocenters. The highest BCUT2D eigenvalue weighted by atomic mass is 16.7. The van der Waals surface area contributed by atoms with Gasteiger partial charge in [0.1, 0.15) is 11.1 Å². The third-order valence-electron chi connectivity index (χ3n) is 4.92. The molecular weight excluding hydrogens is 402 g/mol. The SMILES string of the molecule is COC(=O)C1=C(C(=O)OC)C2(OC(=O)c3ccccc32)OC1=NC(C)(C)CC(C)(C)C. The molecule has 1 aromatic carbocycles. The Hall–Kier alpha value is -3.16. The lowest BCUT2D eigenvalue weighted by Gasteiger charge is -2.30. The van der Waals surface area contributed by atoms with Gasteiger partial charge in [-0.3, -0.25) is 0 Å². The second-order valence-electron chi connectivity index (χ2n) is 9.35. The van der Waals surface area contributed by atoms with Crippen LogP contribution in [0.15, 0.2) is 40.4 Å². The van der Waals surface area contributed by atoms with Crippen molar-refractivity contribution in [2.45, 2.75) is 52.4 Å². The van der Waals surface area contributed by atoms with Gasteiger partial charge < -0.3 is 18.9 Å². The van der Waals surface area contributed by atoms with E-state index in [1.165, 1.54) is 14.2 Å². The number of benzene rings is 1. The lowest BCUT2D eigenvalue weighted by Crippen LogP contribution is -2.34. The van der Waals surface area contributed by atoms with Gasteiger partial charge in [0.2, 0.25) is 5.90 Å². The molecule has 0 aliphatic carbocycles. The van der Waals surface area contributed by atoms with Gasteiger partial charge in [-0.1, -0.05) is 32.9 Å². The molecular formula is C23H27NO7. The number of fused-ring (bicyclic) bond motifs is 2. The maximum atomic E-state index is 12.8. The number of rotatable bonds is 4. The predicted molar refractivity (Wildman–Crippen MR) is 111 cm³/mol. The van der Waals surface area contributed by atoms with Gasteiger partial charge in [0.15, 0.2) is 0 Å². The van der Waals surface area contributed by atoms with E-state index in [1.807, 2.05) is 13.8 Å². The van der Waals surface area contributed by atoms with E-state index in [9.17, 15) is 14.4 Å². The lowest BCUT2D eigenvalue weighted by atomic mass is 9.82. The number of esters is 3. The van der Waals surface area contributed by atoms with Crippen molar-refractivity contribution in [1.82, 2.24) is 0 Å². The monoisotopic (exact) mass is 429 g/mol. The van der Waals surface area contributed by atoms with E-state index >= 15 is 0 Å². The molecule has 8 heteroatoms. The smallest absolute Gasteiger partial charge is 0.344 e. The predicted octanol–water partition coefficient (Wildman–Crippen LogP) is 3.30. The first kappa shape index (κ1) is 22.5. The van der Waals surface area contributed by atoms with Gasteiger partial charge in [-0.05, 0) is 37.8 Å². The molecule has 3 rings (SSSR count). The molecule has 1 aromatic rings. The van der Waals surface area contributed by atoms with Crippen molar-refractivity contribution in [2.75, 3.05) is 14.2 Å². The minimum atomic E-state index is -1.97. The average Bonchev–Trinajstić information content (AvgIpc) is 3.12. The van der Waals surface area contributed by atoms with Gasteiger partial charge >= 0.3 is 23.7 Å². The maximum absolute atomic E-state index is 12.8. The molecule has 0 aromatic heterocycles. The van der Waals surface area contributed by atoms with Crippen LogP contribution in [0, 0.1) is 5.41 Å². The fraction of sp³-hybridized carbons (Fsp3) is 0.478. The quantitative estimate of drug-likeness (QED) is 0.535. The Kier molecular flexibility index (Phi) is 5.46. The van der Waals surface area contributed by atoms with E-state index in [0.29, 0.717) is 12.0 Å². The van der Waals surface area contributed by atoms with Crippen LogP contribution in [0.1, 0.15) is 57.0 Å². The molecule has 2 aliphatic rings. The number of aliphatic imine (C=N–C) groups is 1. The van der Waals surface area contributed by atoms with Gasteiger partial charge in [-0.2, -0.15) is 0 Å². The summed E-state index contributed by atoms with van der Waals surface area (Å²) in [5.41, 5.74) is -0.714. The largest absolute Gasteiger partial charge is 0.465 e. The van der Waals surface area contributed by atoms with Gasteiger partial charge in [0.25, 0.3) is 0 Å². The zero-order valence-corrected chi connectivity index (χ0v) is 18.8. The molecule has 0 N–H and O–H groups in total. The van der Waals surface area contributed by atoms with Crippen LogP contribution in [0.3, 0.4) is 0 Å². The second-order valence-corrected chi connectivity index (χ2v) is 9.35. The fourth-order valence-electron chi connectivity index (χ4n) is 4.28.